The third-order valence-electron chi connectivity index (χ3n) is 2.42. The Hall–Kier alpha value is -0.840. The number of hydrogen-bond donors (Lipinski definition) is 1. The monoisotopic (exact) mass is 287 g/mol. The highest BCUT2D eigenvalue weighted by atomic mass is 35.5. The Kier molecular flexibility index (Phi) is 6.39. The first kappa shape index (κ1) is 15.2. The normalized spacial score (nSPS) is 10.2. The van der Waals surface area contributed by atoms with Crippen molar-refractivity contribution in [1.29, 1.82) is 0 Å². The molecule has 5 heteroatoms. The highest BCUT2D eigenvalue weighted by molar-refractivity contribution is 7.98. The summed E-state index contributed by atoms with van der Waals surface area (Å²) in [6.45, 7) is 4.94. The lowest BCUT2D eigenvalue weighted by atomic mass is 10.2. The van der Waals surface area contributed by atoms with Gasteiger partial charge in [0.15, 0.2) is 11.5 Å². The second-order valence-corrected chi connectivity index (χ2v) is 5.02. The molecule has 0 radical (unpaired) electrons. The van der Waals surface area contributed by atoms with Crippen LogP contribution in [0.25, 0.3) is 0 Å². The van der Waals surface area contributed by atoms with E-state index in [0.29, 0.717) is 18.1 Å². The molecule has 0 atom stereocenters. The molecular weight excluding hydrogens is 270 g/mol. The van der Waals surface area contributed by atoms with Crippen molar-refractivity contribution >= 4 is 23.4 Å². The van der Waals surface area contributed by atoms with Crippen LogP contribution in [0.1, 0.15) is 5.56 Å². The number of halogens is 1. The van der Waals surface area contributed by atoms with Crippen molar-refractivity contribution in [2.24, 2.45) is 0 Å². The van der Waals surface area contributed by atoms with E-state index in [0.717, 1.165) is 22.0 Å². The zero-order valence-electron chi connectivity index (χ0n) is 10.9. The van der Waals surface area contributed by atoms with Crippen molar-refractivity contribution in [1.82, 2.24) is 5.32 Å². The van der Waals surface area contributed by atoms with E-state index in [9.17, 15) is 0 Å². The van der Waals surface area contributed by atoms with Gasteiger partial charge in [0.2, 0.25) is 0 Å². The molecule has 0 fully saturated rings. The molecule has 0 heterocycles. The summed E-state index contributed by atoms with van der Waals surface area (Å²) in [7, 11) is 3.27. The summed E-state index contributed by atoms with van der Waals surface area (Å²) in [6, 6.07) is 3.96. The maximum atomic E-state index is 5.72. The lowest BCUT2D eigenvalue weighted by Gasteiger charge is -2.14. The first-order chi connectivity index (χ1) is 8.62. The van der Waals surface area contributed by atoms with Gasteiger partial charge in [-0.2, -0.15) is 0 Å². The molecule has 1 rings (SSSR count). The van der Waals surface area contributed by atoms with Crippen molar-refractivity contribution in [2.45, 2.75) is 11.4 Å². The van der Waals surface area contributed by atoms with E-state index in [1.807, 2.05) is 18.4 Å². The van der Waals surface area contributed by atoms with Crippen LogP contribution in [0, 0.1) is 0 Å². The largest absolute Gasteiger partial charge is 0.493 e. The molecule has 0 amide bonds. The lowest BCUT2D eigenvalue weighted by molar-refractivity contribution is 0.353. The summed E-state index contributed by atoms with van der Waals surface area (Å²) >= 11 is 7.39. The average Bonchev–Trinajstić information content (AvgIpc) is 2.37. The van der Waals surface area contributed by atoms with Gasteiger partial charge in [-0.05, 0) is 24.0 Å². The zero-order valence-corrected chi connectivity index (χ0v) is 12.5. The third kappa shape index (κ3) is 4.12. The summed E-state index contributed by atoms with van der Waals surface area (Å²) in [5.74, 6) is 1.48. The van der Waals surface area contributed by atoms with E-state index in [1.165, 1.54) is 0 Å². The van der Waals surface area contributed by atoms with Crippen LogP contribution in [0.2, 0.25) is 0 Å². The van der Waals surface area contributed by atoms with Gasteiger partial charge in [-0.15, -0.1) is 11.8 Å². The number of methoxy groups -OCH3 is 2. The Labute approximate surface area is 117 Å². The Bertz CT molecular complexity index is 424. The van der Waals surface area contributed by atoms with Gasteiger partial charge in [0, 0.05) is 23.0 Å². The van der Waals surface area contributed by atoms with Crippen LogP contribution in [-0.4, -0.2) is 27.0 Å². The Balaban J connectivity index is 2.91. The minimum Gasteiger partial charge on any atom is -0.493 e. The third-order valence-corrected chi connectivity index (χ3v) is 3.37. The zero-order chi connectivity index (χ0) is 13.5. The highest BCUT2D eigenvalue weighted by Crippen LogP contribution is 2.34. The smallest absolute Gasteiger partial charge is 0.161 e. The first-order valence-electron chi connectivity index (χ1n) is 5.45. The quantitative estimate of drug-likeness (QED) is 0.780. The van der Waals surface area contributed by atoms with E-state index < -0.39 is 0 Å². The van der Waals surface area contributed by atoms with Crippen LogP contribution in [0.4, 0.5) is 0 Å². The Morgan fingerprint density at radius 2 is 1.94 bits per heavy atom. The number of hydrogen-bond acceptors (Lipinski definition) is 4. The molecule has 1 N–H and O–H groups in total. The molecule has 0 bridgehead atoms. The minimum absolute atomic E-state index is 0.587. The van der Waals surface area contributed by atoms with Gasteiger partial charge in [0.25, 0.3) is 0 Å². The predicted molar refractivity (Wildman–Crippen MR) is 78.0 cm³/mol. The maximum absolute atomic E-state index is 5.72. The standard InChI is InChI=1S/C13H18ClNO2S/c1-9(14)7-15-8-10-5-11(16-2)12(17-3)6-13(10)18-4/h5-6,15H,1,7-8H2,2-4H3. The Morgan fingerprint density at radius 1 is 1.33 bits per heavy atom. The fourth-order valence-corrected chi connectivity index (χ4v) is 2.28. The van der Waals surface area contributed by atoms with Crippen LogP contribution >= 0.6 is 23.4 Å². The van der Waals surface area contributed by atoms with E-state index >= 15 is 0 Å². The van der Waals surface area contributed by atoms with Crippen molar-refractivity contribution in [3.05, 3.63) is 29.3 Å². The molecule has 3 nitrogen and oxygen atoms in total. The van der Waals surface area contributed by atoms with E-state index in [1.54, 1.807) is 26.0 Å². The topological polar surface area (TPSA) is 30.5 Å². The van der Waals surface area contributed by atoms with Gasteiger partial charge >= 0.3 is 0 Å². The van der Waals surface area contributed by atoms with Crippen LogP contribution in [-0.2, 0) is 6.54 Å². The van der Waals surface area contributed by atoms with Crippen LogP contribution < -0.4 is 14.8 Å². The SMILES string of the molecule is C=C(Cl)CNCc1cc(OC)c(OC)cc1SC. The lowest BCUT2D eigenvalue weighted by Crippen LogP contribution is -2.15. The molecule has 1 aromatic carbocycles. The average molecular weight is 288 g/mol. The van der Waals surface area contributed by atoms with Crippen molar-refractivity contribution in [3.8, 4) is 11.5 Å². The van der Waals surface area contributed by atoms with Gasteiger partial charge < -0.3 is 14.8 Å². The number of nitrogens with one attached hydrogen (secondary N) is 1. The summed E-state index contributed by atoms with van der Waals surface area (Å²) in [6.07, 6.45) is 2.03. The predicted octanol–water partition coefficient (Wildman–Crippen LogP) is 3.27. The van der Waals surface area contributed by atoms with E-state index in [-0.39, 0.29) is 0 Å². The van der Waals surface area contributed by atoms with Gasteiger partial charge in [0.05, 0.1) is 14.2 Å². The fraction of sp³-hybridized carbons (Fsp3) is 0.385. The maximum Gasteiger partial charge on any atom is 0.161 e. The molecule has 0 aliphatic rings. The fourth-order valence-electron chi connectivity index (χ4n) is 1.56. The van der Waals surface area contributed by atoms with Gasteiger partial charge in [0.1, 0.15) is 0 Å². The minimum atomic E-state index is 0.587. The molecule has 1 aromatic rings. The molecule has 0 aliphatic carbocycles. The van der Waals surface area contributed by atoms with Crippen molar-refractivity contribution in [3.63, 3.8) is 0 Å². The number of ether oxygens (including phenoxy) is 2. The molecule has 0 spiro atoms. The second-order valence-electron chi connectivity index (χ2n) is 3.64. The van der Waals surface area contributed by atoms with Crippen LogP contribution in [0.5, 0.6) is 11.5 Å². The first-order valence-corrected chi connectivity index (χ1v) is 7.05. The van der Waals surface area contributed by atoms with Crippen LogP contribution in [0.15, 0.2) is 28.6 Å². The summed E-state index contributed by atoms with van der Waals surface area (Å²) in [5, 5.41) is 3.82. The molecule has 0 saturated heterocycles. The van der Waals surface area contributed by atoms with Gasteiger partial charge in [-0.3, -0.25) is 0 Å². The summed E-state index contributed by atoms with van der Waals surface area (Å²) in [4.78, 5) is 1.15. The number of benzene rings is 1. The van der Waals surface area contributed by atoms with Crippen LogP contribution in [0.3, 0.4) is 0 Å². The molecular formula is C13H18ClNO2S. The van der Waals surface area contributed by atoms with Crippen molar-refractivity contribution in [2.75, 3.05) is 27.0 Å². The molecule has 0 saturated carbocycles. The van der Waals surface area contributed by atoms with Crippen molar-refractivity contribution < 1.29 is 9.47 Å². The second kappa shape index (κ2) is 7.56. The van der Waals surface area contributed by atoms with Gasteiger partial charge in [-0.25, -0.2) is 0 Å². The molecule has 0 aromatic heterocycles. The van der Waals surface area contributed by atoms with Gasteiger partial charge in [-0.1, -0.05) is 18.2 Å². The molecule has 100 valence electrons. The summed E-state index contributed by atoms with van der Waals surface area (Å²) in [5.41, 5.74) is 1.15. The number of rotatable bonds is 7. The molecule has 18 heavy (non-hydrogen) atoms. The Morgan fingerprint density at radius 3 is 2.44 bits per heavy atom. The van der Waals surface area contributed by atoms with E-state index in [2.05, 4.69) is 11.9 Å². The molecule has 0 unspecified atom stereocenters. The number of thioether (sulfide) groups is 1. The molecule has 0 aliphatic heterocycles. The van der Waals surface area contributed by atoms with E-state index in [4.69, 9.17) is 21.1 Å². The highest BCUT2D eigenvalue weighted by Gasteiger charge is 2.10. The summed E-state index contributed by atoms with van der Waals surface area (Å²) < 4.78 is 10.6.